The van der Waals surface area contributed by atoms with E-state index in [2.05, 4.69) is 13.2 Å². The summed E-state index contributed by atoms with van der Waals surface area (Å²) in [7, 11) is 5.24. The smallest absolute Gasteiger partial charge is 0.405 e. The number of halogens is 1. The molecule has 0 saturated carbocycles. The van der Waals surface area contributed by atoms with Gasteiger partial charge in [0.15, 0.2) is 0 Å². The van der Waals surface area contributed by atoms with Crippen LogP contribution < -0.4 is 12.4 Å². The van der Waals surface area contributed by atoms with Crippen LogP contribution in [0.5, 0.6) is 0 Å². The van der Waals surface area contributed by atoms with Crippen molar-refractivity contribution in [2.75, 3.05) is 21.1 Å². The van der Waals surface area contributed by atoms with Crippen molar-refractivity contribution in [3.05, 3.63) is 24.3 Å². The zero-order valence-electron chi connectivity index (χ0n) is 12.4. The SMILES string of the molecule is C=C(C)C(=O)OC(C)(OC(=O)C(=C)C)[N+](C)(C)C.[Cl-]. The molecule has 0 aliphatic rings. The summed E-state index contributed by atoms with van der Waals surface area (Å²) in [5, 5.41) is 0. The van der Waals surface area contributed by atoms with E-state index in [4.69, 9.17) is 9.47 Å². The molecule has 0 aromatic heterocycles. The molecular formula is C13H22ClNO4. The van der Waals surface area contributed by atoms with Crippen LogP contribution in [0.25, 0.3) is 0 Å². The molecule has 6 heteroatoms. The van der Waals surface area contributed by atoms with E-state index in [9.17, 15) is 9.59 Å². The molecular weight excluding hydrogens is 270 g/mol. The largest absolute Gasteiger partial charge is 1.00 e. The lowest BCUT2D eigenvalue weighted by atomic mass is 10.3. The van der Waals surface area contributed by atoms with Gasteiger partial charge in [0.1, 0.15) is 0 Å². The van der Waals surface area contributed by atoms with Crippen LogP contribution in [-0.4, -0.2) is 43.5 Å². The van der Waals surface area contributed by atoms with Gasteiger partial charge in [0.05, 0.1) is 28.1 Å². The van der Waals surface area contributed by atoms with E-state index in [-0.39, 0.29) is 28.0 Å². The Morgan fingerprint density at radius 3 is 1.37 bits per heavy atom. The lowest BCUT2D eigenvalue weighted by Gasteiger charge is -2.40. The first kappa shape index (κ1) is 20.0. The highest BCUT2D eigenvalue weighted by atomic mass is 35.5. The van der Waals surface area contributed by atoms with Gasteiger partial charge in [-0.15, -0.1) is 0 Å². The van der Waals surface area contributed by atoms with Gasteiger partial charge in [-0.1, -0.05) is 13.2 Å². The molecule has 0 atom stereocenters. The molecule has 0 aromatic rings. The zero-order valence-corrected chi connectivity index (χ0v) is 13.1. The van der Waals surface area contributed by atoms with Gasteiger partial charge in [0.2, 0.25) is 0 Å². The summed E-state index contributed by atoms with van der Waals surface area (Å²) in [5.74, 6) is -2.66. The van der Waals surface area contributed by atoms with Crippen LogP contribution in [0.1, 0.15) is 20.8 Å². The number of ether oxygens (including phenoxy) is 2. The maximum atomic E-state index is 11.6. The molecule has 0 rings (SSSR count). The molecule has 0 bridgehead atoms. The van der Waals surface area contributed by atoms with E-state index in [1.807, 2.05) is 0 Å². The van der Waals surface area contributed by atoms with Crippen molar-refractivity contribution in [1.82, 2.24) is 0 Å². The second kappa shape index (κ2) is 6.73. The average Bonchev–Trinajstić information content (AvgIpc) is 2.14. The third-order valence-electron chi connectivity index (χ3n) is 2.48. The fourth-order valence-corrected chi connectivity index (χ4v) is 0.813. The van der Waals surface area contributed by atoms with Crippen molar-refractivity contribution in [2.24, 2.45) is 0 Å². The Morgan fingerprint density at radius 1 is 0.947 bits per heavy atom. The minimum absolute atomic E-state index is 0. The second-order valence-corrected chi connectivity index (χ2v) is 5.25. The molecule has 5 nitrogen and oxygen atoms in total. The van der Waals surface area contributed by atoms with Crippen LogP contribution in [0.3, 0.4) is 0 Å². The van der Waals surface area contributed by atoms with Crippen molar-refractivity contribution in [3.63, 3.8) is 0 Å². The Balaban J connectivity index is 0. The van der Waals surface area contributed by atoms with Crippen molar-refractivity contribution in [1.29, 1.82) is 0 Å². The predicted molar refractivity (Wildman–Crippen MR) is 68.2 cm³/mol. The van der Waals surface area contributed by atoms with Gasteiger partial charge in [-0.25, -0.2) is 9.59 Å². The summed E-state index contributed by atoms with van der Waals surface area (Å²) in [6.07, 6.45) is 0. The van der Waals surface area contributed by atoms with Gasteiger partial charge in [-0.3, -0.25) is 4.48 Å². The Kier molecular flexibility index (Phi) is 7.08. The van der Waals surface area contributed by atoms with Crippen molar-refractivity contribution in [2.45, 2.75) is 26.7 Å². The molecule has 0 heterocycles. The van der Waals surface area contributed by atoms with Crippen LogP contribution in [0.4, 0.5) is 0 Å². The van der Waals surface area contributed by atoms with E-state index in [0.717, 1.165) is 0 Å². The van der Waals surface area contributed by atoms with E-state index < -0.39 is 17.8 Å². The molecule has 0 aliphatic heterocycles. The molecule has 19 heavy (non-hydrogen) atoms. The molecule has 0 fully saturated rings. The monoisotopic (exact) mass is 291 g/mol. The zero-order chi connectivity index (χ0) is 14.7. The molecule has 0 aliphatic carbocycles. The molecule has 0 radical (unpaired) electrons. The molecule has 0 spiro atoms. The predicted octanol–water partition coefficient (Wildman–Crippen LogP) is -1.39. The Hall–Kier alpha value is -1.33. The summed E-state index contributed by atoms with van der Waals surface area (Å²) < 4.78 is 10.6. The fraction of sp³-hybridized carbons (Fsp3) is 0.538. The maximum Gasteiger partial charge on any atom is 0.405 e. The number of rotatable bonds is 5. The number of carbonyl (C=O) groups is 2. The van der Waals surface area contributed by atoms with Gasteiger partial charge in [0.25, 0.3) is 0 Å². The average molecular weight is 292 g/mol. The highest BCUT2D eigenvalue weighted by molar-refractivity contribution is 5.88. The van der Waals surface area contributed by atoms with Gasteiger partial charge >= 0.3 is 17.8 Å². The first-order valence-corrected chi connectivity index (χ1v) is 5.50. The van der Waals surface area contributed by atoms with E-state index in [0.29, 0.717) is 0 Å². The van der Waals surface area contributed by atoms with Crippen molar-refractivity contribution < 1.29 is 36.0 Å². The standard InChI is InChI=1S/C13H22NO4.ClH/c1-9(2)11(15)17-13(5,14(6,7)8)18-12(16)10(3)4;/h1,3H2,2,4-8H3;1H/q+1;/p-1. The van der Waals surface area contributed by atoms with Crippen LogP contribution in [0, 0.1) is 0 Å². The van der Waals surface area contributed by atoms with Crippen LogP contribution in [0.2, 0.25) is 0 Å². The lowest BCUT2D eigenvalue weighted by molar-refractivity contribution is -0.971. The normalized spacial score (nSPS) is 11.1. The van der Waals surface area contributed by atoms with E-state index in [1.54, 1.807) is 21.1 Å². The fourth-order valence-electron chi connectivity index (χ4n) is 0.813. The van der Waals surface area contributed by atoms with Crippen molar-refractivity contribution >= 4 is 11.9 Å². The lowest BCUT2D eigenvalue weighted by Crippen LogP contribution is -3.00. The van der Waals surface area contributed by atoms with E-state index >= 15 is 0 Å². The number of hydrogen-bond donors (Lipinski definition) is 0. The maximum absolute atomic E-state index is 11.6. The first-order chi connectivity index (χ1) is 7.90. The summed E-state index contributed by atoms with van der Waals surface area (Å²) in [6.45, 7) is 11.6. The number of hydrogen-bond acceptors (Lipinski definition) is 4. The molecule has 0 amide bonds. The van der Waals surface area contributed by atoms with Gasteiger partial charge in [0, 0.05) is 11.1 Å². The molecule has 110 valence electrons. The number of esters is 2. The Morgan fingerprint density at radius 2 is 1.21 bits per heavy atom. The summed E-state index contributed by atoms with van der Waals surface area (Å²) in [6, 6.07) is 0. The third-order valence-corrected chi connectivity index (χ3v) is 2.48. The first-order valence-electron chi connectivity index (χ1n) is 5.50. The van der Waals surface area contributed by atoms with Gasteiger partial charge in [-0.2, -0.15) is 0 Å². The molecule has 0 unspecified atom stereocenters. The summed E-state index contributed by atoms with van der Waals surface area (Å²) in [5.41, 5.74) is 0.474. The van der Waals surface area contributed by atoms with E-state index in [1.165, 1.54) is 20.8 Å². The number of carbonyl (C=O) groups excluding carboxylic acids is 2. The van der Waals surface area contributed by atoms with Crippen LogP contribution in [-0.2, 0) is 19.1 Å². The second-order valence-electron chi connectivity index (χ2n) is 5.25. The highest BCUT2D eigenvalue weighted by Crippen LogP contribution is 2.24. The van der Waals surface area contributed by atoms with Crippen LogP contribution in [0.15, 0.2) is 24.3 Å². The third kappa shape index (κ3) is 5.44. The quantitative estimate of drug-likeness (QED) is 0.271. The minimum atomic E-state index is -1.44. The summed E-state index contributed by atoms with van der Waals surface area (Å²) in [4.78, 5) is 23.2. The Labute approximate surface area is 120 Å². The van der Waals surface area contributed by atoms with Gasteiger partial charge < -0.3 is 21.9 Å². The van der Waals surface area contributed by atoms with Crippen LogP contribution >= 0.6 is 0 Å². The van der Waals surface area contributed by atoms with Gasteiger partial charge in [-0.05, 0) is 13.8 Å². The minimum Gasteiger partial charge on any atom is -1.00 e. The molecule has 0 aromatic carbocycles. The Bertz CT molecular complexity index is 368. The molecule has 0 saturated heterocycles. The summed E-state index contributed by atoms with van der Waals surface area (Å²) >= 11 is 0. The van der Waals surface area contributed by atoms with Crippen molar-refractivity contribution in [3.8, 4) is 0 Å². The highest BCUT2D eigenvalue weighted by Gasteiger charge is 2.47. The topological polar surface area (TPSA) is 52.6 Å². The number of nitrogens with zero attached hydrogens (tertiary/aromatic N) is 1. The number of quaternary nitrogens is 1. The molecule has 0 N–H and O–H groups in total.